The normalized spacial score (nSPS) is 10.0. The minimum absolute atomic E-state index is 0.571. The van der Waals surface area contributed by atoms with Gasteiger partial charge in [-0.1, -0.05) is 26.0 Å². The Labute approximate surface area is 183 Å². The number of benzene rings is 1. The van der Waals surface area contributed by atoms with E-state index in [1.54, 1.807) is 6.20 Å². The second-order valence-corrected chi connectivity index (χ2v) is 6.92. The molecule has 31 heavy (non-hydrogen) atoms. The Hall–Kier alpha value is -3.98. The number of pyridine rings is 2. The quantitative estimate of drug-likeness (QED) is 0.443. The summed E-state index contributed by atoms with van der Waals surface area (Å²) in [7, 11) is 0. The molecule has 0 amide bonds. The van der Waals surface area contributed by atoms with Crippen molar-refractivity contribution in [3.63, 3.8) is 0 Å². The topological polar surface area (TPSA) is 90.3 Å². The summed E-state index contributed by atoms with van der Waals surface area (Å²) in [5, 5.41) is 19.8. The number of nitriles is 1. The van der Waals surface area contributed by atoms with Crippen LogP contribution < -0.4 is 5.32 Å². The molecule has 0 atom stereocenters. The number of hydrogen-bond donors (Lipinski definition) is 2. The number of rotatable bonds is 5. The number of hydrogen-bond acceptors (Lipinski definition) is 5. The van der Waals surface area contributed by atoms with Crippen molar-refractivity contribution in [1.82, 2.24) is 20.2 Å². The molecule has 0 bridgehead atoms. The van der Waals surface area contributed by atoms with Crippen molar-refractivity contribution in [2.45, 2.75) is 34.2 Å². The number of anilines is 1. The summed E-state index contributed by atoms with van der Waals surface area (Å²) in [4.78, 5) is 8.82. The maximum atomic E-state index is 9.05. The molecule has 0 fully saturated rings. The van der Waals surface area contributed by atoms with Crippen molar-refractivity contribution in [3.8, 4) is 28.6 Å². The minimum Gasteiger partial charge on any atom is -0.364 e. The van der Waals surface area contributed by atoms with Gasteiger partial charge in [-0.05, 0) is 72.5 Å². The first-order valence-corrected chi connectivity index (χ1v) is 10.3. The molecular weight excluding hydrogens is 384 g/mol. The molecule has 0 aliphatic heterocycles. The molecule has 4 aromatic rings. The summed E-state index contributed by atoms with van der Waals surface area (Å²) in [6.45, 7) is 8.59. The van der Waals surface area contributed by atoms with E-state index in [0.29, 0.717) is 12.1 Å². The highest BCUT2D eigenvalue weighted by Crippen LogP contribution is 2.26. The van der Waals surface area contributed by atoms with Crippen LogP contribution in [0.1, 0.15) is 36.2 Å². The van der Waals surface area contributed by atoms with Gasteiger partial charge in [0.25, 0.3) is 0 Å². The van der Waals surface area contributed by atoms with Gasteiger partial charge in [-0.3, -0.25) is 10.1 Å². The molecule has 0 saturated heterocycles. The lowest BCUT2D eigenvalue weighted by molar-refractivity contribution is 0.974. The summed E-state index contributed by atoms with van der Waals surface area (Å²) < 4.78 is 0. The lowest BCUT2D eigenvalue weighted by atomic mass is 9.99. The van der Waals surface area contributed by atoms with Crippen LogP contribution in [0.2, 0.25) is 0 Å². The van der Waals surface area contributed by atoms with Gasteiger partial charge in [0.05, 0.1) is 29.6 Å². The van der Waals surface area contributed by atoms with Crippen LogP contribution >= 0.6 is 0 Å². The maximum Gasteiger partial charge on any atom is 0.126 e. The van der Waals surface area contributed by atoms with E-state index in [-0.39, 0.29) is 0 Å². The van der Waals surface area contributed by atoms with Gasteiger partial charge < -0.3 is 5.32 Å². The molecule has 1 aromatic carbocycles. The number of nitrogens with one attached hydrogen (secondary N) is 2. The van der Waals surface area contributed by atoms with Gasteiger partial charge in [0.1, 0.15) is 11.5 Å². The number of nitrogens with zero attached hydrogens (tertiary/aromatic N) is 4. The van der Waals surface area contributed by atoms with E-state index in [1.165, 1.54) is 0 Å². The van der Waals surface area contributed by atoms with Crippen molar-refractivity contribution in [2.24, 2.45) is 0 Å². The summed E-state index contributed by atoms with van der Waals surface area (Å²) in [6.07, 6.45) is 3.62. The molecule has 0 saturated carbocycles. The predicted octanol–water partition coefficient (Wildman–Crippen LogP) is 5.66. The number of H-pyrrole nitrogens is 1. The highest BCUT2D eigenvalue weighted by Gasteiger charge is 2.07. The van der Waals surface area contributed by atoms with Crippen molar-refractivity contribution in [2.75, 3.05) is 5.32 Å². The van der Waals surface area contributed by atoms with E-state index in [4.69, 9.17) is 5.26 Å². The smallest absolute Gasteiger partial charge is 0.126 e. The first-order valence-electron chi connectivity index (χ1n) is 10.3. The molecule has 2 N–H and O–H groups in total. The average Bonchev–Trinajstić information content (AvgIpc) is 3.28. The molecule has 156 valence electrons. The van der Waals surface area contributed by atoms with Gasteiger partial charge in [0.15, 0.2) is 0 Å². The Balaban J connectivity index is 0.00000132. The first-order chi connectivity index (χ1) is 15.1. The van der Waals surface area contributed by atoms with Crippen LogP contribution in [0.5, 0.6) is 0 Å². The molecule has 3 heterocycles. The molecule has 6 heteroatoms. The molecule has 0 radical (unpaired) electrons. The van der Waals surface area contributed by atoms with Gasteiger partial charge in [0, 0.05) is 12.4 Å². The Bertz CT molecular complexity index is 1190. The second kappa shape index (κ2) is 10.2. The van der Waals surface area contributed by atoms with E-state index < -0.39 is 0 Å². The molecular formula is C25H26N6. The van der Waals surface area contributed by atoms with Crippen molar-refractivity contribution in [3.05, 3.63) is 83.3 Å². The van der Waals surface area contributed by atoms with Crippen LogP contribution in [0.4, 0.5) is 5.82 Å². The largest absolute Gasteiger partial charge is 0.364 e. The summed E-state index contributed by atoms with van der Waals surface area (Å²) in [5.41, 5.74) is 7.59. The highest BCUT2D eigenvalue weighted by atomic mass is 15.1. The molecule has 0 aliphatic rings. The molecule has 0 aliphatic carbocycles. The van der Waals surface area contributed by atoms with E-state index in [1.807, 2.05) is 82.4 Å². The Morgan fingerprint density at radius 2 is 1.81 bits per heavy atom. The standard InChI is InChI=1S/C23H20N6.C2H6/c1-15-3-6-21(26-13-15)22-11-19(28-29-22)14-27-23-10-18(7-8-25-23)20-5-4-17(12-24)9-16(20)2;1-2/h3-11,13H,14H2,1-2H3,(H,25,27)(H,28,29);1-2H3. The fraction of sp³-hybridized carbons (Fsp3) is 0.200. The number of aryl methyl sites for hydroxylation is 2. The van der Waals surface area contributed by atoms with Crippen LogP contribution in [0.15, 0.2) is 60.9 Å². The monoisotopic (exact) mass is 410 g/mol. The van der Waals surface area contributed by atoms with Gasteiger partial charge in [-0.2, -0.15) is 10.4 Å². The third-order valence-corrected chi connectivity index (χ3v) is 4.69. The first kappa shape index (κ1) is 21.7. The summed E-state index contributed by atoms with van der Waals surface area (Å²) in [5.74, 6) is 0.774. The van der Waals surface area contributed by atoms with Crippen LogP contribution in [-0.4, -0.2) is 20.2 Å². The van der Waals surface area contributed by atoms with E-state index in [9.17, 15) is 0 Å². The summed E-state index contributed by atoms with van der Waals surface area (Å²) >= 11 is 0. The molecule has 4 rings (SSSR count). The Morgan fingerprint density at radius 1 is 0.968 bits per heavy atom. The molecule has 6 nitrogen and oxygen atoms in total. The second-order valence-electron chi connectivity index (χ2n) is 6.92. The third kappa shape index (κ3) is 5.34. The minimum atomic E-state index is 0.571. The van der Waals surface area contributed by atoms with Crippen molar-refractivity contribution in [1.29, 1.82) is 5.26 Å². The van der Waals surface area contributed by atoms with Gasteiger partial charge in [-0.25, -0.2) is 4.98 Å². The van der Waals surface area contributed by atoms with Crippen LogP contribution in [0.3, 0.4) is 0 Å². The zero-order chi connectivity index (χ0) is 22.2. The van der Waals surface area contributed by atoms with Crippen molar-refractivity contribution >= 4 is 5.82 Å². The zero-order valence-electron chi connectivity index (χ0n) is 18.3. The van der Waals surface area contributed by atoms with Crippen LogP contribution in [-0.2, 0) is 6.54 Å². The molecule has 3 aromatic heterocycles. The Morgan fingerprint density at radius 3 is 2.52 bits per heavy atom. The van der Waals surface area contributed by atoms with Crippen LogP contribution in [0.25, 0.3) is 22.5 Å². The lowest BCUT2D eigenvalue weighted by Gasteiger charge is -2.09. The summed E-state index contributed by atoms with van der Waals surface area (Å²) in [6, 6.07) is 17.8. The fourth-order valence-electron chi connectivity index (χ4n) is 3.14. The number of aromatic amines is 1. The van der Waals surface area contributed by atoms with E-state index >= 15 is 0 Å². The average molecular weight is 411 g/mol. The van der Waals surface area contributed by atoms with Gasteiger partial charge in [-0.15, -0.1) is 0 Å². The maximum absolute atomic E-state index is 9.05. The van der Waals surface area contributed by atoms with Crippen LogP contribution in [0, 0.1) is 25.2 Å². The number of aromatic nitrogens is 4. The Kier molecular flexibility index (Phi) is 7.13. The fourth-order valence-corrected chi connectivity index (χ4v) is 3.14. The van der Waals surface area contributed by atoms with Crippen molar-refractivity contribution < 1.29 is 0 Å². The van der Waals surface area contributed by atoms with Gasteiger partial charge in [0.2, 0.25) is 0 Å². The highest BCUT2D eigenvalue weighted by molar-refractivity contribution is 5.70. The predicted molar refractivity (Wildman–Crippen MR) is 124 cm³/mol. The molecule has 0 unspecified atom stereocenters. The van der Waals surface area contributed by atoms with E-state index in [2.05, 4.69) is 31.6 Å². The van der Waals surface area contributed by atoms with E-state index in [0.717, 1.165) is 45.2 Å². The lowest BCUT2D eigenvalue weighted by Crippen LogP contribution is -2.01. The SMILES string of the molecule is CC.Cc1ccc(-c2cc(CNc3cc(-c4ccc(C#N)cc4C)ccn3)[nH]n2)nc1. The van der Waals surface area contributed by atoms with Gasteiger partial charge >= 0.3 is 0 Å². The molecule has 0 spiro atoms. The zero-order valence-corrected chi connectivity index (χ0v) is 18.3. The third-order valence-electron chi connectivity index (χ3n) is 4.69.